The summed E-state index contributed by atoms with van der Waals surface area (Å²) in [7, 11) is 3.35. The number of fused-ring (bicyclic) bond motifs is 1. The lowest BCUT2D eigenvalue weighted by molar-refractivity contribution is -0.119. The number of likely N-dealkylation sites (N-methyl/N-ethyl adjacent to an activating group) is 1. The number of hydrogen-bond donors (Lipinski definition) is 1. The van der Waals surface area contributed by atoms with Crippen LogP contribution in [0.5, 0.6) is 0 Å². The number of anilines is 1. The van der Waals surface area contributed by atoms with Gasteiger partial charge in [0.2, 0.25) is 5.91 Å². The summed E-state index contributed by atoms with van der Waals surface area (Å²) in [6.07, 6.45) is 0. The predicted octanol–water partition coefficient (Wildman–Crippen LogP) is 2.79. The van der Waals surface area contributed by atoms with E-state index in [1.54, 1.807) is 6.92 Å². The largest absolute Gasteiger partial charge is 0.465 e. The van der Waals surface area contributed by atoms with Gasteiger partial charge in [0.05, 0.1) is 18.7 Å². The summed E-state index contributed by atoms with van der Waals surface area (Å²) >= 11 is 1.14. The van der Waals surface area contributed by atoms with Crippen LogP contribution in [0.15, 0.2) is 24.3 Å². The number of esters is 1. The summed E-state index contributed by atoms with van der Waals surface area (Å²) in [5, 5.41) is 3.30. The van der Waals surface area contributed by atoms with E-state index < -0.39 is 5.97 Å². The Morgan fingerprint density at radius 2 is 2.08 bits per heavy atom. The molecular formula is C18H21N3O3S. The molecule has 0 aliphatic carbocycles. The van der Waals surface area contributed by atoms with Crippen molar-refractivity contribution >= 4 is 28.3 Å². The Kier molecular flexibility index (Phi) is 4.87. The number of thiazole rings is 1. The molecule has 0 spiro atoms. The number of rotatable bonds is 3. The number of carbonyl (C=O) groups is 2. The maximum Gasteiger partial charge on any atom is 0.350 e. The van der Waals surface area contributed by atoms with Crippen molar-refractivity contribution < 1.29 is 14.3 Å². The third kappa shape index (κ3) is 3.29. The SMILES string of the molecule is COC(=O)c1sc(NC(=O)C2c3ccccc3CN(C)C2C)nc1C. The number of ether oxygens (including phenoxy) is 1. The van der Waals surface area contributed by atoms with E-state index >= 15 is 0 Å². The average molecular weight is 359 g/mol. The lowest BCUT2D eigenvalue weighted by Gasteiger charge is -2.37. The zero-order chi connectivity index (χ0) is 18.1. The van der Waals surface area contributed by atoms with E-state index in [1.807, 2.05) is 32.2 Å². The molecule has 2 unspecified atom stereocenters. The Bertz CT molecular complexity index is 818. The van der Waals surface area contributed by atoms with Crippen LogP contribution in [0.4, 0.5) is 5.13 Å². The number of benzene rings is 1. The van der Waals surface area contributed by atoms with E-state index in [4.69, 9.17) is 4.74 Å². The first kappa shape index (κ1) is 17.6. The smallest absolute Gasteiger partial charge is 0.350 e. The van der Waals surface area contributed by atoms with Crippen molar-refractivity contribution in [1.29, 1.82) is 0 Å². The molecule has 1 aromatic heterocycles. The molecule has 3 rings (SSSR count). The second-order valence-corrected chi connectivity index (χ2v) is 7.25. The highest BCUT2D eigenvalue weighted by Gasteiger charge is 2.35. The van der Waals surface area contributed by atoms with Crippen LogP contribution in [0.1, 0.15) is 39.3 Å². The molecule has 1 aliphatic heterocycles. The fourth-order valence-corrected chi connectivity index (χ4v) is 4.07. The molecule has 0 radical (unpaired) electrons. The van der Waals surface area contributed by atoms with E-state index in [9.17, 15) is 9.59 Å². The molecular weight excluding hydrogens is 338 g/mol. The van der Waals surface area contributed by atoms with E-state index in [0.29, 0.717) is 15.7 Å². The number of amides is 1. The van der Waals surface area contributed by atoms with Crippen LogP contribution < -0.4 is 5.32 Å². The normalized spacial score (nSPS) is 20.0. The van der Waals surface area contributed by atoms with Crippen molar-refractivity contribution in [2.75, 3.05) is 19.5 Å². The molecule has 7 heteroatoms. The number of carbonyl (C=O) groups excluding carboxylic acids is 2. The fraction of sp³-hybridized carbons (Fsp3) is 0.389. The molecule has 1 aromatic carbocycles. The quantitative estimate of drug-likeness (QED) is 0.853. The molecule has 2 atom stereocenters. The summed E-state index contributed by atoms with van der Waals surface area (Å²) in [6, 6.07) is 8.08. The number of hydrogen-bond acceptors (Lipinski definition) is 6. The van der Waals surface area contributed by atoms with Crippen molar-refractivity contribution in [3.63, 3.8) is 0 Å². The van der Waals surface area contributed by atoms with Gasteiger partial charge in [-0.2, -0.15) is 0 Å². The van der Waals surface area contributed by atoms with Crippen LogP contribution in [0.2, 0.25) is 0 Å². The third-order valence-corrected chi connectivity index (χ3v) is 5.72. The summed E-state index contributed by atoms with van der Waals surface area (Å²) in [5.74, 6) is -0.844. The zero-order valence-electron chi connectivity index (χ0n) is 14.7. The summed E-state index contributed by atoms with van der Waals surface area (Å²) in [4.78, 5) is 31.5. The van der Waals surface area contributed by atoms with Crippen LogP contribution in [-0.4, -0.2) is 42.0 Å². The van der Waals surface area contributed by atoms with Gasteiger partial charge in [-0.3, -0.25) is 9.69 Å². The van der Waals surface area contributed by atoms with Crippen molar-refractivity contribution in [2.24, 2.45) is 0 Å². The average Bonchev–Trinajstić information content (AvgIpc) is 2.95. The van der Waals surface area contributed by atoms with Crippen LogP contribution >= 0.6 is 11.3 Å². The second kappa shape index (κ2) is 6.93. The van der Waals surface area contributed by atoms with Crippen LogP contribution in [0.3, 0.4) is 0 Å². The number of aryl methyl sites for hydroxylation is 1. The first-order chi connectivity index (χ1) is 11.9. The van der Waals surface area contributed by atoms with Gasteiger partial charge in [-0.1, -0.05) is 35.6 Å². The van der Waals surface area contributed by atoms with Crippen molar-refractivity contribution in [3.8, 4) is 0 Å². The van der Waals surface area contributed by atoms with Crippen molar-refractivity contribution in [3.05, 3.63) is 46.0 Å². The van der Waals surface area contributed by atoms with E-state index in [1.165, 1.54) is 7.11 Å². The molecule has 1 N–H and O–H groups in total. The Morgan fingerprint density at radius 3 is 2.80 bits per heavy atom. The van der Waals surface area contributed by atoms with Gasteiger partial charge < -0.3 is 10.1 Å². The highest BCUT2D eigenvalue weighted by Crippen LogP contribution is 2.34. The van der Waals surface area contributed by atoms with Crippen LogP contribution in [0.25, 0.3) is 0 Å². The monoisotopic (exact) mass is 359 g/mol. The molecule has 1 aliphatic rings. The molecule has 0 saturated heterocycles. The lowest BCUT2D eigenvalue weighted by atomic mass is 9.84. The molecule has 2 aromatic rings. The Balaban J connectivity index is 1.87. The number of aromatic nitrogens is 1. The first-order valence-corrected chi connectivity index (χ1v) is 8.88. The molecule has 6 nitrogen and oxygen atoms in total. The van der Waals surface area contributed by atoms with Crippen LogP contribution in [0, 0.1) is 6.92 Å². The fourth-order valence-electron chi connectivity index (χ4n) is 3.18. The molecule has 0 saturated carbocycles. The molecule has 132 valence electrons. The van der Waals surface area contributed by atoms with E-state index in [-0.39, 0.29) is 17.9 Å². The second-order valence-electron chi connectivity index (χ2n) is 6.25. The highest BCUT2D eigenvalue weighted by atomic mass is 32.1. The Hall–Kier alpha value is -2.25. The van der Waals surface area contributed by atoms with Gasteiger partial charge in [-0.05, 0) is 32.0 Å². The highest BCUT2D eigenvalue weighted by molar-refractivity contribution is 7.17. The predicted molar refractivity (Wildman–Crippen MR) is 96.9 cm³/mol. The third-order valence-electron chi connectivity index (χ3n) is 4.67. The van der Waals surface area contributed by atoms with E-state index in [0.717, 1.165) is 29.0 Å². The van der Waals surface area contributed by atoms with Gasteiger partial charge >= 0.3 is 5.97 Å². The van der Waals surface area contributed by atoms with Gasteiger partial charge in [0.1, 0.15) is 4.88 Å². The molecule has 0 fully saturated rings. The first-order valence-electron chi connectivity index (χ1n) is 8.07. The Morgan fingerprint density at radius 1 is 1.36 bits per heavy atom. The van der Waals surface area contributed by atoms with Crippen molar-refractivity contribution in [2.45, 2.75) is 32.4 Å². The van der Waals surface area contributed by atoms with Crippen molar-refractivity contribution in [1.82, 2.24) is 9.88 Å². The summed E-state index contributed by atoms with van der Waals surface area (Å²) in [5.41, 5.74) is 2.77. The topological polar surface area (TPSA) is 71.5 Å². The van der Waals surface area contributed by atoms with E-state index in [2.05, 4.69) is 21.3 Å². The number of nitrogens with zero attached hydrogens (tertiary/aromatic N) is 2. The standard InChI is InChI=1S/C18H21N3O3S/c1-10-15(17(23)24-4)25-18(19-10)20-16(22)14-11(2)21(3)9-12-7-5-6-8-13(12)14/h5-8,11,14H,9H2,1-4H3,(H,19,20,22). The maximum absolute atomic E-state index is 13.0. The van der Waals surface area contributed by atoms with Gasteiger partial charge in [-0.25, -0.2) is 9.78 Å². The summed E-state index contributed by atoms with van der Waals surface area (Å²) < 4.78 is 4.74. The number of methoxy groups -OCH3 is 1. The molecule has 1 amide bonds. The summed E-state index contributed by atoms with van der Waals surface area (Å²) in [6.45, 7) is 4.60. The van der Waals surface area contributed by atoms with Crippen LogP contribution in [-0.2, 0) is 16.1 Å². The minimum absolute atomic E-state index is 0.0658. The molecule has 0 bridgehead atoms. The van der Waals surface area contributed by atoms with Gasteiger partial charge in [0.15, 0.2) is 5.13 Å². The van der Waals surface area contributed by atoms with Gasteiger partial charge in [0, 0.05) is 12.6 Å². The van der Waals surface area contributed by atoms with Gasteiger partial charge in [0.25, 0.3) is 0 Å². The Labute approximate surface area is 150 Å². The van der Waals surface area contributed by atoms with Gasteiger partial charge in [-0.15, -0.1) is 0 Å². The lowest BCUT2D eigenvalue weighted by Crippen LogP contribution is -2.43. The number of nitrogens with one attached hydrogen (secondary N) is 1. The molecule has 25 heavy (non-hydrogen) atoms. The maximum atomic E-state index is 13.0. The minimum atomic E-state index is -0.438. The minimum Gasteiger partial charge on any atom is -0.465 e. The zero-order valence-corrected chi connectivity index (χ0v) is 15.5. The molecule has 2 heterocycles.